The Balaban J connectivity index is 2.25. The molecule has 164 valence electrons. The molecule has 0 bridgehead atoms. The number of ether oxygens (including phenoxy) is 1. The molecule has 0 saturated carbocycles. The fraction of sp³-hybridized carbons (Fsp3) is 0.429. The number of nitrogens with zero attached hydrogens (tertiary/aromatic N) is 2. The molecule has 0 aliphatic rings. The van der Waals surface area contributed by atoms with Gasteiger partial charge in [-0.3, -0.25) is 14.5 Å². The first kappa shape index (κ1) is 23.8. The Bertz CT molecular complexity index is 1030. The van der Waals surface area contributed by atoms with E-state index in [1.807, 2.05) is 36.3 Å². The molecule has 1 aromatic heterocycles. The van der Waals surface area contributed by atoms with Crippen LogP contribution in [-0.2, 0) is 19.6 Å². The maximum atomic E-state index is 13.0. The first-order valence-electron chi connectivity index (χ1n) is 9.65. The third kappa shape index (κ3) is 5.35. The van der Waals surface area contributed by atoms with Crippen LogP contribution in [0.4, 0.5) is 0 Å². The van der Waals surface area contributed by atoms with E-state index in [1.165, 1.54) is 19.2 Å². The summed E-state index contributed by atoms with van der Waals surface area (Å²) in [5.41, 5.74) is 2.94. The van der Waals surface area contributed by atoms with Gasteiger partial charge in [0.1, 0.15) is 0 Å². The summed E-state index contributed by atoms with van der Waals surface area (Å²) in [5.74, 6) is -0.677. The Morgan fingerprint density at radius 2 is 1.80 bits per heavy atom. The molecule has 0 amide bonds. The van der Waals surface area contributed by atoms with Crippen LogP contribution in [0.3, 0.4) is 0 Å². The number of Topliss-reactive ketones (excluding diaryl/α,β-unsaturated/α-hetero) is 1. The van der Waals surface area contributed by atoms with Crippen molar-refractivity contribution in [2.24, 2.45) is 11.1 Å². The van der Waals surface area contributed by atoms with Crippen molar-refractivity contribution < 1.29 is 22.7 Å². The van der Waals surface area contributed by atoms with E-state index in [-0.39, 0.29) is 29.1 Å². The third-order valence-corrected chi connectivity index (χ3v) is 6.03. The molecule has 1 atom stereocenters. The summed E-state index contributed by atoms with van der Waals surface area (Å²) in [4.78, 5) is 26.6. The first-order chi connectivity index (χ1) is 14.0. The molecule has 0 fully saturated rings. The van der Waals surface area contributed by atoms with Crippen LogP contribution >= 0.6 is 0 Å². The van der Waals surface area contributed by atoms with E-state index < -0.39 is 10.0 Å². The molecule has 8 nitrogen and oxygen atoms in total. The number of nitrogens with two attached hydrogens (primary N) is 1. The number of carbonyl (C=O) groups excluding carboxylic acids is 2. The van der Waals surface area contributed by atoms with Crippen LogP contribution in [0.5, 0.6) is 0 Å². The number of hydrogen-bond donors (Lipinski definition) is 1. The van der Waals surface area contributed by atoms with Crippen LogP contribution < -0.4 is 5.14 Å². The molecule has 1 heterocycles. The molecule has 0 spiro atoms. The van der Waals surface area contributed by atoms with E-state index in [2.05, 4.69) is 0 Å². The summed E-state index contributed by atoms with van der Waals surface area (Å²) in [6, 6.07) is 8.02. The second kappa shape index (κ2) is 9.55. The molecular formula is C21H29N3O5S. The standard InChI is InChI=1S/C21H29N3O5S/c1-6-23(12-14(2)21(26)29-5)13-20(25)19-11-15(3)24(16(19)4)17-7-9-18(10-8-17)30(22,27)28/h7-11,14H,6,12-13H2,1-5H3,(H2,22,27,28). The van der Waals surface area contributed by atoms with Gasteiger partial charge >= 0.3 is 5.97 Å². The average Bonchev–Trinajstić information content (AvgIpc) is 3.00. The van der Waals surface area contributed by atoms with Gasteiger partial charge in [-0.25, -0.2) is 13.6 Å². The zero-order valence-electron chi connectivity index (χ0n) is 18.0. The monoisotopic (exact) mass is 435 g/mol. The average molecular weight is 436 g/mol. The maximum Gasteiger partial charge on any atom is 0.309 e. The highest BCUT2D eigenvalue weighted by Gasteiger charge is 2.22. The highest BCUT2D eigenvalue weighted by Crippen LogP contribution is 2.22. The second-order valence-corrected chi connectivity index (χ2v) is 8.90. The van der Waals surface area contributed by atoms with Crippen LogP contribution in [-0.4, -0.2) is 56.4 Å². The molecule has 0 radical (unpaired) electrons. The maximum absolute atomic E-state index is 13.0. The molecule has 0 aliphatic carbocycles. The molecule has 0 saturated heterocycles. The number of hydrogen-bond acceptors (Lipinski definition) is 6. The summed E-state index contributed by atoms with van der Waals surface area (Å²) in [7, 11) is -2.41. The Morgan fingerprint density at radius 3 is 2.30 bits per heavy atom. The zero-order valence-corrected chi connectivity index (χ0v) is 18.8. The van der Waals surface area contributed by atoms with Crippen LogP contribution in [0.1, 0.15) is 35.6 Å². The number of benzene rings is 1. The molecule has 2 N–H and O–H groups in total. The van der Waals surface area contributed by atoms with E-state index >= 15 is 0 Å². The van der Waals surface area contributed by atoms with Crippen molar-refractivity contribution in [2.75, 3.05) is 26.7 Å². The van der Waals surface area contributed by atoms with Gasteiger partial charge < -0.3 is 9.30 Å². The fourth-order valence-electron chi connectivity index (χ4n) is 3.48. The Hall–Kier alpha value is -2.49. The van der Waals surface area contributed by atoms with Gasteiger partial charge in [0.15, 0.2) is 5.78 Å². The highest BCUT2D eigenvalue weighted by molar-refractivity contribution is 7.89. The quantitative estimate of drug-likeness (QED) is 0.477. The molecular weight excluding hydrogens is 406 g/mol. The minimum atomic E-state index is -3.77. The molecule has 2 rings (SSSR count). The van der Waals surface area contributed by atoms with Crippen molar-refractivity contribution in [1.82, 2.24) is 9.47 Å². The third-order valence-electron chi connectivity index (χ3n) is 5.11. The van der Waals surface area contributed by atoms with Crippen molar-refractivity contribution in [3.05, 3.63) is 47.3 Å². The van der Waals surface area contributed by atoms with Gasteiger partial charge in [0.05, 0.1) is 24.5 Å². The number of rotatable bonds is 9. The predicted molar refractivity (Wildman–Crippen MR) is 114 cm³/mol. The van der Waals surface area contributed by atoms with Crippen LogP contribution in [0.25, 0.3) is 5.69 Å². The zero-order chi connectivity index (χ0) is 22.6. The number of likely N-dealkylation sites (N-methyl/N-ethyl adjacent to an activating group) is 1. The Morgan fingerprint density at radius 1 is 1.20 bits per heavy atom. The van der Waals surface area contributed by atoms with E-state index in [0.29, 0.717) is 18.7 Å². The van der Waals surface area contributed by atoms with E-state index in [0.717, 1.165) is 17.1 Å². The van der Waals surface area contributed by atoms with E-state index in [1.54, 1.807) is 19.1 Å². The topological polar surface area (TPSA) is 112 Å². The summed E-state index contributed by atoms with van der Waals surface area (Å²) in [5, 5.41) is 5.16. The smallest absolute Gasteiger partial charge is 0.309 e. The Kier molecular flexibility index (Phi) is 7.57. The number of aryl methyl sites for hydroxylation is 1. The lowest BCUT2D eigenvalue weighted by molar-refractivity contribution is -0.145. The van der Waals surface area contributed by atoms with Gasteiger partial charge in [0, 0.05) is 29.2 Å². The van der Waals surface area contributed by atoms with Crippen LogP contribution in [0, 0.1) is 19.8 Å². The molecule has 1 aromatic carbocycles. The number of carbonyl (C=O) groups is 2. The Labute approximate surface area is 177 Å². The summed E-state index contributed by atoms with van der Waals surface area (Å²) >= 11 is 0. The lowest BCUT2D eigenvalue weighted by atomic mass is 10.1. The lowest BCUT2D eigenvalue weighted by Gasteiger charge is -2.22. The highest BCUT2D eigenvalue weighted by atomic mass is 32.2. The minimum Gasteiger partial charge on any atom is -0.469 e. The summed E-state index contributed by atoms with van der Waals surface area (Å²) in [6.07, 6.45) is 0. The van der Waals surface area contributed by atoms with Gasteiger partial charge in [-0.15, -0.1) is 0 Å². The number of aromatic nitrogens is 1. The summed E-state index contributed by atoms with van der Waals surface area (Å²) in [6.45, 7) is 8.69. The molecule has 2 aromatic rings. The molecule has 30 heavy (non-hydrogen) atoms. The van der Waals surface area contributed by atoms with Gasteiger partial charge in [-0.05, 0) is 50.7 Å². The SMILES string of the molecule is CCN(CC(=O)c1cc(C)n(-c2ccc(S(N)(=O)=O)cc2)c1C)CC(C)C(=O)OC. The van der Waals surface area contributed by atoms with Crippen molar-refractivity contribution in [2.45, 2.75) is 32.6 Å². The van der Waals surface area contributed by atoms with Gasteiger partial charge in [-0.2, -0.15) is 0 Å². The number of primary sulfonamides is 1. The number of ketones is 1. The second-order valence-electron chi connectivity index (χ2n) is 7.33. The predicted octanol–water partition coefficient (Wildman–Crippen LogP) is 2.06. The number of sulfonamides is 1. The van der Waals surface area contributed by atoms with Crippen molar-refractivity contribution in [1.29, 1.82) is 0 Å². The van der Waals surface area contributed by atoms with Gasteiger partial charge in [-0.1, -0.05) is 13.8 Å². The van der Waals surface area contributed by atoms with Crippen molar-refractivity contribution in [3.8, 4) is 5.69 Å². The number of methoxy groups -OCH3 is 1. The fourth-order valence-corrected chi connectivity index (χ4v) is 4.00. The molecule has 9 heteroatoms. The van der Waals surface area contributed by atoms with Crippen molar-refractivity contribution in [3.63, 3.8) is 0 Å². The van der Waals surface area contributed by atoms with Crippen LogP contribution in [0.15, 0.2) is 35.2 Å². The van der Waals surface area contributed by atoms with E-state index in [4.69, 9.17) is 9.88 Å². The largest absolute Gasteiger partial charge is 0.469 e. The number of esters is 1. The molecule has 1 unspecified atom stereocenters. The minimum absolute atomic E-state index is 0.0309. The van der Waals surface area contributed by atoms with E-state index in [9.17, 15) is 18.0 Å². The normalized spacial score (nSPS) is 12.8. The van der Waals surface area contributed by atoms with Crippen molar-refractivity contribution >= 4 is 21.8 Å². The van der Waals surface area contributed by atoms with Gasteiger partial charge in [0.2, 0.25) is 10.0 Å². The lowest BCUT2D eigenvalue weighted by Crippen LogP contribution is -2.36. The first-order valence-corrected chi connectivity index (χ1v) is 11.2. The van der Waals surface area contributed by atoms with Gasteiger partial charge in [0.25, 0.3) is 0 Å². The van der Waals surface area contributed by atoms with Crippen LogP contribution in [0.2, 0.25) is 0 Å². The summed E-state index contributed by atoms with van der Waals surface area (Å²) < 4.78 is 29.6. The molecule has 0 aliphatic heterocycles.